The standard InChI is InChI=1S/C12H26N2/c1-4-5-11(2)14-8-6-12(3,10-13)7-9-14/h11H,4-10,13H2,1-3H3. The molecule has 1 aliphatic heterocycles. The van der Waals surface area contributed by atoms with Gasteiger partial charge in [-0.15, -0.1) is 0 Å². The summed E-state index contributed by atoms with van der Waals surface area (Å²) in [4.78, 5) is 2.63. The number of nitrogens with zero attached hydrogens (tertiary/aromatic N) is 1. The van der Waals surface area contributed by atoms with Crippen molar-refractivity contribution in [2.75, 3.05) is 19.6 Å². The zero-order valence-electron chi connectivity index (χ0n) is 10.1. The Hall–Kier alpha value is -0.0800. The van der Waals surface area contributed by atoms with Crippen molar-refractivity contribution in [2.45, 2.75) is 52.5 Å². The Kier molecular flexibility index (Phi) is 4.39. The van der Waals surface area contributed by atoms with Crippen molar-refractivity contribution in [1.82, 2.24) is 4.90 Å². The van der Waals surface area contributed by atoms with Gasteiger partial charge >= 0.3 is 0 Å². The minimum Gasteiger partial charge on any atom is -0.330 e. The fourth-order valence-corrected chi connectivity index (χ4v) is 2.31. The van der Waals surface area contributed by atoms with Crippen LogP contribution < -0.4 is 5.73 Å². The van der Waals surface area contributed by atoms with Crippen LogP contribution in [0.4, 0.5) is 0 Å². The molecule has 0 amide bonds. The molecule has 2 nitrogen and oxygen atoms in total. The summed E-state index contributed by atoms with van der Waals surface area (Å²) in [7, 11) is 0. The molecule has 0 radical (unpaired) electrons. The van der Waals surface area contributed by atoms with Crippen LogP contribution in [0.1, 0.15) is 46.5 Å². The summed E-state index contributed by atoms with van der Waals surface area (Å²) >= 11 is 0. The monoisotopic (exact) mass is 198 g/mol. The molecule has 0 aliphatic carbocycles. The Labute approximate surface area is 88.8 Å². The number of nitrogens with two attached hydrogens (primary N) is 1. The highest BCUT2D eigenvalue weighted by atomic mass is 15.2. The first-order chi connectivity index (χ1) is 6.61. The molecule has 1 heterocycles. The first-order valence-corrected chi connectivity index (χ1v) is 6.05. The molecule has 1 rings (SSSR count). The molecule has 2 N–H and O–H groups in total. The molecule has 1 unspecified atom stereocenters. The molecule has 1 fully saturated rings. The van der Waals surface area contributed by atoms with Crippen LogP contribution in [0.5, 0.6) is 0 Å². The van der Waals surface area contributed by atoms with Crippen LogP contribution in [0.15, 0.2) is 0 Å². The van der Waals surface area contributed by atoms with Gasteiger partial charge in [0.25, 0.3) is 0 Å². The Morgan fingerprint density at radius 1 is 1.36 bits per heavy atom. The van der Waals surface area contributed by atoms with Gasteiger partial charge in [0, 0.05) is 6.04 Å². The van der Waals surface area contributed by atoms with Crippen molar-refractivity contribution in [2.24, 2.45) is 11.1 Å². The highest BCUT2D eigenvalue weighted by Gasteiger charge is 2.29. The maximum Gasteiger partial charge on any atom is 0.00668 e. The van der Waals surface area contributed by atoms with Gasteiger partial charge in [0.2, 0.25) is 0 Å². The average molecular weight is 198 g/mol. The minimum absolute atomic E-state index is 0.419. The number of rotatable bonds is 4. The van der Waals surface area contributed by atoms with Gasteiger partial charge in [-0.25, -0.2) is 0 Å². The van der Waals surface area contributed by atoms with Crippen LogP contribution in [0.3, 0.4) is 0 Å². The van der Waals surface area contributed by atoms with Crippen LogP contribution >= 0.6 is 0 Å². The van der Waals surface area contributed by atoms with Gasteiger partial charge in [-0.2, -0.15) is 0 Å². The molecule has 14 heavy (non-hydrogen) atoms. The smallest absolute Gasteiger partial charge is 0.00668 e. The molecule has 1 saturated heterocycles. The molecular weight excluding hydrogens is 172 g/mol. The van der Waals surface area contributed by atoms with Gasteiger partial charge in [0.1, 0.15) is 0 Å². The van der Waals surface area contributed by atoms with Crippen molar-refractivity contribution in [3.63, 3.8) is 0 Å². The predicted octanol–water partition coefficient (Wildman–Crippen LogP) is 2.24. The topological polar surface area (TPSA) is 29.3 Å². The van der Waals surface area contributed by atoms with E-state index in [-0.39, 0.29) is 0 Å². The maximum atomic E-state index is 5.80. The summed E-state index contributed by atoms with van der Waals surface area (Å²) in [5.74, 6) is 0. The summed E-state index contributed by atoms with van der Waals surface area (Å²) in [5.41, 5.74) is 6.22. The third-order valence-electron chi connectivity index (χ3n) is 3.83. The Balaban J connectivity index is 2.35. The van der Waals surface area contributed by atoms with Crippen molar-refractivity contribution >= 4 is 0 Å². The fourth-order valence-electron chi connectivity index (χ4n) is 2.31. The van der Waals surface area contributed by atoms with Crippen molar-refractivity contribution in [3.05, 3.63) is 0 Å². The van der Waals surface area contributed by atoms with E-state index in [4.69, 9.17) is 5.73 Å². The fraction of sp³-hybridized carbons (Fsp3) is 1.00. The normalized spacial score (nSPS) is 24.9. The molecule has 0 bridgehead atoms. The summed E-state index contributed by atoms with van der Waals surface area (Å²) in [6.07, 6.45) is 5.18. The lowest BCUT2D eigenvalue weighted by Gasteiger charge is -2.41. The molecule has 0 aromatic heterocycles. The van der Waals surface area contributed by atoms with Crippen molar-refractivity contribution in [1.29, 1.82) is 0 Å². The van der Waals surface area contributed by atoms with Crippen LogP contribution in [0, 0.1) is 5.41 Å². The lowest BCUT2D eigenvalue weighted by atomic mass is 9.80. The van der Waals surface area contributed by atoms with Gasteiger partial charge in [0.15, 0.2) is 0 Å². The van der Waals surface area contributed by atoms with E-state index in [1.54, 1.807) is 0 Å². The highest BCUT2D eigenvalue weighted by molar-refractivity contribution is 4.84. The Bertz CT molecular complexity index is 160. The first kappa shape index (κ1) is 12.0. The lowest BCUT2D eigenvalue weighted by Crippen LogP contribution is -2.45. The zero-order valence-corrected chi connectivity index (χ0v) is 10.1. The molecule has 0 aromatic rings. The third kappa shape index (κ3) is 2.96. The molecule has 2 heteroatoms. The quantitative estimate of drug-likeness (QED) is 0.750. The second-order valence-corrected chi connectivity index (χ2v) is 5.19. The zero-order chi connectivity index (χ0) is 10.6. The van der Waals surface area contributed by atoms with E-state index in [1.807, 2.05) is 0 Å². The van der Waals surface area contributed by atoms with E-state index in [9.17, 15) is 0 Å². The molecular formula is C12H26N2. The van der Waals surface area contributed by atoms with E-state index in [0.717, 1.165) is 12.6 Å². The third-order valence-corrected chi connectivity index (χ3v) is 3.83. The second kappa shape index (κ2) is 5.13. The average Bonchev–Trinajstić information content (AvgIpc) is 2.19. The van der Waals surface area contributed by atoms with Crippen LogP contribution in [0.2, 0.25) is 0 Å². The molecule has 84 valence electrons. The SMILES string of the molecule is CCCC(C)N1CCC(C)(CN)CC1. The Morgan fingerprint density at radius 2 is 1.93 bits per heavy atom. The van der Waals surface area contributed by atoms with E-state index < -0.39 is 0 Å². The summed E-state index contributed by atoms with van der Waals surface area (Å²) < 4.78 is 0. The molecule has 0 aromatic carbocycles. The number of hydrogen-bond acceptors (Lipinski definition) is 2. The van der Waals surface area contributed by atoms with E-state index >= 15 is 0 Å². The van der Waals surface area contributed by atoms with Crippen LogP contribution in [-0.2, 0) is 0 Å². The first-order valence-electron chi connectivity index (χ1n) is 6.05. The molecule has 1 aliphatic rings. The van der Waals surface area contributed by atoms with Crippen LogP contribution in [0.25, 0.3) is 0 Å². The number of piperidine rings is 1. The van der Waals surface area contributed by atoms with Gasteiger partial charge in [-0.1, -0.05) is 20.3 Å². The van der Waals surface area contributed by atoms with Gasteiger partial charge in [-0.3, -0.25) is 0 Å². The maximum absolute atomic E-state index is 5.80. The Morgan fingerprint density at radius 3 is 2.36 bits per heavy atom. The lowest BCUT2D eigenvalue weighted by molar-refractivity contribution is 0.0905. The van der Waals surface area contributed by atoms with Gasteiger partial charge in [0.05, 0.1) is 0 Å². The molecule has 0 spiro atoms. The molecule has 0 saturated carbocycles. The molecule has 1 atom stereocenters. The second-order valence-electron chi connectivity index (χ2n) is 5.19. The predicted molar refractivity (Wildman–Crippen MR) is 62.3 cm³/mol. The summed E-state index contributed by atoms with van der Waals surface area (Å²) in [6, 6.07) is 0.766. The van der Waals surface area contributed by atoms with Crippen molar-refractivity contribution in [3.8, 4) is 0 Å². The van der Waals surface area contributed by atoms with E-state index in [2.05, 4.69) is 25.7 Å². The van der Waals surface area contributed by atoms with Crippen LogP contribution in [-0.4, -0.2) is 30.6 Å². The largest absolute Gasteiger partial charge is 0.330 e. The number of likely N-dealkylation sites (tertiary alicyclic amines) is 1. The number of hydrogen-bond donors (Lipinski definition) is 1. The highest BCUT2D eigenvalue weighted by Crippen LogP contribution is 2.30. The van der Waals surface area contributed by atoms with Crippen molar-refractivity contribution < 1.29 is 0 Å². The van der Waals surface area contributed by atoms with Gasteiger partial charge in [-0.05, 0) is 51.2 Å². The summed E-state index contributed by atoms with van der Waals surface area (Å²) in [6.45, 7) is 10.3. The van der Waals surface area contributed by atoms with E-state index in [0.29, 0.717) is 5.41 Å². The minimum atomic E-state index is 0.419. The van der Waals surface area contributed by atoms with E-state index in [1.165, 1.54) is 38.8 Å². The van der Waals surface area contributed by atoms with Gasteiger partial charge < -0.3 is 10.6 Å². The summed E-state index contributed by atoms with van der Waals surface area (Å²) in [5, 5.41) is 0.